The van der Waals surface area contributed by atoms with Crippen molar-refractivity contribution in [2.75, 3.05) is 26.1 Å². The topological polar surface area (TPSA) is 85.4 Å². The van der Waals surface area contributed by atoms with Gasteiger partial charge in [-0.25, -0.2) is 9.97 Å². The number of hydrogen-bond acceptors (Lipinski definition) is 6. The van der Waals surface area contributed by atoms with Crippen LogP contribution in [0.15, 0.2) is 48.8 Å². The lowest BCUT2D eigenvalue weighted by Gasteiger charge is -2.12. The van der Waals surface area contributed by atoms with E-state index >= 15 is 0 Å². The summed E-state index contributed by atoms with van der Waals surface area (Å²) in [5.74, 6) is 2.22. The summed E-state index contributed by atoms with van der Waals surface area (Å²) in [6.45, 7) is 4.78. The van der Waals surface area contributed by atoms with E-state index in [9.17, 15) is 4.79 Å². The first-order chi connectivity index (χ1) is 14.5. The molecule has 156 valence electrons. The Morgan fingerprint density at radius 2 is 1.77 bits per heavy atom. The number of benzene rings is 2. The van der Waals surface area contributed by atoms with Crippen molar-refractivity contribution in [3.8, 4) is 11.5 Å². The molecule has 0 aliphatic carbocycles. The summed E-state index contributed by atoms with van der Waals surface area (Å²) in [5, 5.41) is 6.99. The van der Waals surface area contributed by atoms with Gasteiger partial charge in [-0.15, -0.1) is 0 Å². The first-order valence-electron chi connectivity index (χ1n) is 9.70. The van der Waals surface area contributed by atoms with Gasteiger partial charge < -0.3 is 20.1 Å². The Hall–Kier alpha value is -3.61. The van der Waals surface area contributed by atoms with E-state index in [2.05, 4.69) is 34.4 Å². The zero-order chi connectivity index (χ0) is 21.5. The van der Waals surface area contributed by atoms with Crippen molar-refractivity contribution in [1.82, 2.24) is 15.3 Å². The summed E-state index contributed by atoms with van der Waals surface area (Å²) in [6.07, 6.45) is 4.84. The maximum Gasteiger partial charge on any atom is 0.244 e. The van der Waals surface area contributed by atoms with Gasteiger partial charge in [0, 0.05) is 29.8 Å². The van der Waals surface area contributed by atoms with Crippen LogP contribution in [0, 0.1) is 5.92 Å². The van der Waals surface area contributed by atoms with E-state index in [0.717, 1.165) is 22.2 Å². The summed E-state index contributed by atoms with van der Waals surface area (Å²) < 4.78 is 10.7. The number of hydrogen-bond donors (Lipinski definition) is 2. The Morgan fingerprint density at radius 3 is 2.43 bits per heavy atom. The lowest BCUT2D eigenvalue weighted by Crippen LogP contribution is -2.25. The normalized spacial score (nSPS) is 11.1. The first-order valence-corrected chi connectivity index (χ1v) is 9.70. The lowest BCUT2D eigenvalue weighted by molar-refractivity contribution is -0.116. The number of rotatable bonds is 8. The number of fused-ring (bicyclic) bond motifs is 1. The maximum absolute atomic E-state index is 11.8. The van der Waals surface area contributed by atoms with Gasteiger partial charge in [0.15, 0.2) is 11.5 Å². The summed E-state index contributed by atoms with van der Waals surface area (Å²) in [4.78, 5) is 20.5. The molecule has 7 heteroatoms. The van der Waals surface area contributed by atoms with Gasteiger partial charge in [-0.3, -0.25) is 4.79 Å². The molecule has 0 fully saturated rings. The molecule has 0 unspecified atom stereocenters. The van der Waals surface area contributed by atoms with E-state index in [1.165, 1.54) is 6.33 Å². The van der Waals surface area contributed by atoms with E-state index in [1.54, 1.807) is 26.4 Å². The number of ether oxygens (including phenoxy) is 2. The molecule has 0 aliphatic heterocycles. The molecule has 0 spiro atoms. The minimum absolute atomic E-state index is 0.0947. The maximum atomic E-state index is 11.8. The van der Waals surface area contributed by atoms with Gasteiger partial charge in [0.05, 0.1) is 19.7 Å². The molecule has 0 saturated heterocycles. The predicted molar refractivity (Wildman–Crippen MR) is 119 cm³/mol. The third-order valence-electron chi connectivity index (χ3n) is 4.43. The molecule has 0 aliphatic rings. The number of nitrogens with zero attached hydrogens (tertiary/aromatic N) is 2. The van der Waals surface area contributed by atoms with Crippen LogP contribution < -0.4 is 20.1 Å². The highest BCUT2D eigenvalue weighted by atomic mass is 16.5. The van der Waals surface area contributed by atoms with Crippen molar-refractivity contribution >= 4 is 34.4 Å². The average molecular weight is 406 g/mol. The summed E-state index contributed by atoms with van der Waals surface area (Å²) in [7, 11) is 3.18. The number of aromatic nitrogens is 2. The molecule has 1 aromatic heterocycles. The molecule has 3 aromatic rings. The quantitative estimate of drug-likeness (QED) is 0.546. The van der Waals surface area contributed by atoms with Gasteiger partial charge in [0.25, 0.3) is 0 Å². The predicted octanol–water partition coefficient (Wildman–Crippen LogP) is 4.18. The first kappa shape index (κ1) is 21.1. The fourth-order valence-corrected chi connectivity index (χ4v) is 2.83. The van der Waals surface area contributed by atoms with E-state index < -0.39 is 0 Å². The number of nitrogens with one attached hydrogen (secondary N) is 2. The van der Waals surface area contributed by atoms with Crippen LogP contribution in [0.25, 0.3) is 17.0 Å². The molecule has 0 bridgehead atoms. The van der Waals surface area contributed by atoms with Gasteiger partial charge in [0.2, 0.25) is 5.91 Å². The van der Waals surface area contributed by atoms with Crippen LogP contribution in [0.1, 0.15) is 19.4 Å². The summed E-state index contributed by atoms with van der Waals surface area (Å²) in [5.41, 5.74) is 2.54. The van der Waals surface area contributed by atoms with E-state index in [1.807, 2.05) is 36.4 Å². The zero-order valence-electron chi connectivity index (χ0n) is 17.6. The molecule has 1 heterocycles. The van der Waals surface area contributed by atoms with E-state index in [-0.39, 0.29) is 5.91 Å². The second-order valence-electron chi connectivity index (χ2n) is 7.17. The van der Waals surface area contributed by atoms with Crippen LogP contribution in [0.4, 0.5) is 11.5 Å². The molecule has 7 nitrogen and oxygen atoms in total. The molecule has 1 amide bonds. The van der Waals surface area contributed by atoms with Gasteiger partial charge in [0.1, 0.15) is 12.1 Å². The van der Waals surface area contributed by atoms with Gasteiger partial charge in [-0.1, -0.05) is 26.0 Å². The van der Waals surface area contributed by atoms with E-state index in [0.29, 0.717) is 29.8 Å². The highest BCUT2D eigenvalue weighted by Crippen LogP contribution is 2.34. The second-order valence-corrected chi connectivity index (χ2v) is 7.17. The molecule has 2 N–H and O–H groups in total. The second kappa shape index (κ2) is 9.73. The van der Waals surface area contributed by atoms with E-state index in [4.69, 9.17) is 9.47 Å². The van der Waals surface area contributed by atoms with Crippen molar-refractivity contribution in [3.63, 3.8) is 0 Å². The fourth-order valence-electron chi connectivity index (χ4n) is 2.83. The molecular weight excluding hydrogens is 380 g/mol. The number of anilines is 2. The van der Waals surface area contributed by atoms with Crippen molar-refractivity contribution in [3.05, 3.63) is 54.4 Å². The SMILES string of the molecule is COc1cc2ncnc(Nc3ccc(C=CC(=O)NCC(C)C)cc3)c2cc1OC. The molecule has 2 aromatic carbocycles. The highest BCUT2D eigenvalue weighted by molar-refractivity contribution is 5.93. The number of methoxy groups -OCH3 is 2. The van der Waals surface area contributed by atoms with Crippen molar-refractivity contribution in [2.24, 2.45) is 5.92 Å². The minimum Gasteiger partial charge on any atom is -0.493 e. The van der Waals surface area contributed by atoms with Crippen LogP contribution in [0.2, 0.25) is 0 Å². The Morgan fingerprint density at radius 1 is 1.07 bits per heavy atom. The third kappa shape index (κ3) is 5.26. The molecule has 0 radical (unpaired) electrons. The van der Waals surface area contributed by atoms with Crippen molar-refractivity contribution < 1.29 is 14.3 Å². The highest BCUT2D eigenvalue weighted by Gasteiger charge is 2.11. The Kier molecular flexibility index (Phi) is 6.85. The van der Waals surface area contributed by atoms with Crippen LogP contribution in [-0.2, 0) is 4.79 Å². The third-order valence-corrected chi connectivity index (χ3v) is 4.43. The van der Waals surface area contributed by atoms with Crippen LogP contribution >= 0.6 is 0 Å². The number of carbonyl (C=O) groups excluding carboxylic acids is 1. The molecular formula is C23H26N4O3. The monoisotopic (exact) mass is 406 g/mol. The van der Waals surface area contributed by atoms with Crippen LogP contribution in [0.5, 0.6) is 11.5 Å². The Balaban J connectivity index is 1.75. The largest absolute Gasteiger partial charge is 0.493 e. The van der Waals surface area contributed by atoms with Crippen molar-refractivity contribution in [2.45, 2.75) is 13.8 Å². The molecule has 0 atom stereocenters. The van der Waals surface area contributed by atoms with Crippen LogP contribution in [0.3, 0.4) is 0 Å². The molecule has 0 saturated carbocycles. The van der Waals surface area contributed by atoms with Crippen LogP contribution in [-0.4, -0.2) is 36.6 Å². The molecule has 30 heavy (non-hydrogen) atoms. The smallest absolute Gasteiger partial charge is 0.244 e. The number of amides is 1. The average Bonchev–Trinajstić information content (AvgIpc) is 2.76. The Bertz CT molecular complexity index is 1050. The summed E-state index contributed by atoms with van der Waals surface area (Å²) in [6, 6.07) is 11.4. The molecule has 3 rings (SSSR count). The summed E-state index contributed by atoms with van der Waals surface area (Å²) >= 11 is 0. The number of carbonyl (C=O) groups is 1. The van der Waals surface area contributed by atoms with Gasteiger partial charge in [-0.2, -0.15) is 0 Å². The zero-order valence-corrected chi connectivity index (χ0v) is 17.6. The fraction of sp³-hybridized carbons (Fsp3) is 0.261. The minimum atomic E-state index is -0.0947. The van der Waals surface area contributed by atoms with Gasteiger partial charge >= 0.3 is 0 Å². The standard InChI is InChI=1S/C23H26N4O3/c1-15(2)13-24-22(28)10-7-16-5-8-17(9-6-16)27-23-18-11-20(29-3)21(30-4)12-19(18)25-14-26-23/h5-12,14-15H,13H2,1-4H3,(H,24,28)(H,25,26,27). The van der Waals surface area contributed by atoms with Gasteiger partial charge in [-0.05, 0) is 35.8 Å². The lowest BCUT2D eigenvalue weighted by atomic mass is 10.1. The van der Waals surface area contributed by atoms with Crippen molar-refractivity contribution in [1.29, 1.82) is 0 Å². The Labute approximate surface area is 176 Å².